The zero-order chi connectivity index (χ0) is 27.9. The van der Waals surface area contributed by atoms with Gasteiger partial charge in [0.15, 0.2) is 11.9 Å². The van der Waals surface area contributed by atoms with Crippen LogP contribution in [-0.2, 0) is 16.0 Å². The Kier molecular flexibility index (Phi) is 9.50. The van der Waals surface area contributed by atoms with Gasteiger partial charge in [0.25, 0.3) is 5.91 Å². The normalized spacial score (nSPS) is 14.7. The maximum atomic E-state index is 14.1. The van der Waals surface area contributed by atoms with E-state index in [2.05, 4.69) is 15.3 Å². The highest BCUT2D eigenvalue weighted by molar-refractivity contribution is 6.38. The molecule has 11 heteroatoms. The summed E-state index contributed by atoms with van der Waals surface area (Å²) < 4.78 is 30.7. The SMILES string of the molecule is CCOCCOc1ncc(F)cc1C(=O)NC1N=C(c2c(Cl)cc(Cl)cc2OCC)c2ccccc2CC1=O. The zero-order valence-corrected chi connectivity index (χ0v) is 22.8. The Morgan fingerprint density at radius 3 is 2.67 bits per heavy atom. The second kappa shape index (κ2) is 13.0. The summed E-state index contributed by atoms with van der Waals surface area (Å²) in [5, 5.41) is 3.24. The fourth-order valence-corrected chi connectivity index (χ4v) is 4.63. The molecule has 204 valence electrons. The number of ketones is 1. The number of hydrogen-bond acceptors (Lipinski definition) is 7. The van der Waals surface area contributed by atoms with Crippen LogP contribution in [0.25, 0.3) is 0 Å². The average molecular weight is 574 g/mol. The van der Waals surface area contributed by atoms with Gasteiger partial charge in [-0.25, -0.2) is 9.37 Å². The number of rotatable bonds is 10. The molecule has 1 aliphatic heterocycles. The molecule has 8 nitrogen and oxygen atoms in total. The third-order valence-electron chi connectivity index (χ3n) is 5.76. The second-order valence-electron chi connectivity index (χ2n) is 8.40. The molecule has 0 saturated heterocycles. The molecule has 1 atom stereocenters. The number of Topliss-reactive ketones (excluding diaryl/α,β-unsaturated/α-hetero) is 1. The smallest absolute Gasteiger partial charge is 0.258 e. The molecule has 1 aromatic heterocycles. The van der Waals surface area contributed by atoms with E-state index in [9.17, 15) is 14.0 Å². The van der Waals surface area contributed by atoms with Gasteiger partial charge in [0, 0.05) is 23.6 Å². The Hall–Kier alpha value is -3.53. The van der Waals surface area contributed by atoms with Crippen molar-refractivity contribution < 1.29 is 28.2 Å². The first-order valence-electron chi connectivity index (χ1n) is 12.3. The van der Waals surface area contributed by atoms with Crippen molar-refractivity contribution in [2.24, 2.45) is 4.99 Å². The van der Waals surface area contributed by atoms with Crippen LogP contribution in [0.3, 0.4) is 0 Å². The zero-order valence-electron chi connectivity index (χ0n) is 21.3. The predicted molar refractivity (Wildman–Crippen MR) is 146 cm³/mol. The molecule has 0 bridgehead atoms. The number of benzene rings is 2. The molecule has 1 aliphatic rings. The van der Waals surface area contributed by atoms with Crippen LogP contribution in [0.15, 0.2) is 53.7 Å². The summed E-state index contributed by atoms with van der Waals surface area (Å²) in [6.45, 7) is 4.82. The molecule has 39 heavy (non-hydrogen) atoms. The van der Waals surface area contributed by atoms with Gasteiger partial charge in [-0.15, -0.1) is 0 Å². The second-order valence-corrected chi connectivity index (χ2v) is 9.24. The maximum absolute atomic E-state index is 14.1. The standard InChI is InChI=1S/C28H26Cl2FN3O5/c1-3-37-9-10-39-28-20(14-18(31)15-32-28)27(36)34-26-22(35)11-16-7-5-6-8-19(16)25(33-26)24-21(30)12-17(29)13-23(24)38-4-2/h5-8,12-15,26H,3-4,9-11H2,1-2H3,(H,34,36). The molecular formula is C28H26Cl2FN3O5. The number of aliphatic imine (C=N–C) groups is 1. The van der Waals surface area contributed by atoms with Gasteiger partial charge < -0.3 is 19.5 Å². The van der Waals surface area contributed by atoms with Crippen molar-refractivity contribution in [3.8, 4) is 11.6 Å². The van der Waals surface area contributed by atoms with Crippen molar-refractivity contribution in [2.45, 2.75) is 26.4 Å². The first-order valence-corrected chi connectivity index (χ1v) is 13.1. The molecule has 2 aromatic carbocycles. The van der Waals surface area contributed by atoms with Gasteiger partial charge in [0.2, 0.25) is 5.88 Å². The summed E-state index contributed by atoms with van der Waals surface area (Å²) in [5.41, 5.74) is 1.94. The van der Waals surface area contributed by atoms with Gasteiger partial charge in [-0.05, 0) is 37.6 Å². The number of amides is 1. The average Bonchev–Trinajstić information content (AvgIpc) is 3.03. The van der Waals surface area contributed by atoms with Crippen LogP contribution in [-0.4, -0.2) is 55.0 Å². The Morgan fingerprint density at radius 2 is 1.90 bits per heavy atom. The Bertz CT molecular complexity index is 1420. The van der Waals surface area contributed by atoms with E-state index in [1.807, 2.05) is 26.0 Å². The van der Waals surface area contributed by atoms with Gasteiger partial charge in [-0.2, -0.15) is 0 Å². The summed E-state index contributed by atoms with van der Waals surface area (Å²) in [5.74, 6) is -1.62. The number of pyridine rings is 1. The topological polar surface area (TPSA) is 99.1 Å². The molecule has 0 saturated carbocycles. The van der Waals surface area contributed by atoms with Crippen LogP contribution in [0.1, 0.15) is 40.9 Å². The Labute approximate surface area is 235 Å². The number of nitrogens with zero attached hydrogens (tertiary/aromatic N) is 2. The fraction of sp³-hybridized carbons (Fsp3) is 0.286. The minimum Gasteiger partial charge on any atom is -0.493 e. The molecule has 0 aliphatic carbocycles. The monoisotopic (exact) mass is 573 g/mol. The van der Waals surface area contributed by atoms with Gasteiger partial charge in [-0.3, -0.25) is 14.6 Å². The molecule has 1 unspecified atom stereocenters. The Balaban J connectivity index is 1.75. The van der Waals surface area contributed by atoms with Gasteiger partial charge in [0.05, 0.1) is 35.7 Å². The van der Waals surface area contributed by atoms with Crippen molar-refractivity contribution in [3.05, 3.63) is 86.8 Å². The molecule has 0 fully saturated rings. The highest BCUT2D eigenvalue weighted by Crippen LogP contribution is 2.35. The third kappa shape index (κ3) is 6.73. The maximum Gasteiger partial charge on any atom is 0.258 e. The van der Waals surface area contributed by atoms with Gasteiger partial charge in [0.1, 0.15) is 23.7 Å². The first-order chi connectivity index (χ1) is 18.8. The molecule has 1 amide bonds. The fourth-order valence-electron chi connectivity index (χ4n) is 4.07. The lowest BCUT2D eigenvalue weighted by molar-refractivity contribution is -0.120. The number of carbonyl (C=O) groups is 2. The van der Waals surface area contributed by atoms with Gasteiger partial charge >= 0.3 is 0 Å². The van der Waals surface area contributed by atoms with E-state index in [-0.39, 0.29) is 41.9 Å². The number of hydrogen-bond donors (Lipinski definition) is 1. The Morgan fingerprint density at radius 1 is 1.10 bits per heavy atom. The number of fused-ring (bicyclic) bond motifs is 1. The van der Waals surface area contributed by atoms with E-state index < -0.39 is 17.9 Å². The summed E-state index contributed by atoms with van der Waals surface area (Å²) in [6, 6.07) is 11.4. The minimum atomic E-state index is -1.32. The lowest BCUT2D eigenvalue weighted by Gasteiger charge is -2.18. The molecule has 0 spiro atoms. The number of halogens is 3. The molecule has 1 N–H and O–H groups in total. The molecular weight excluding hydrogens is 548 g/mol. The number of aromatic nitrogens is 1. The highest BCUT2D eigenvalue weighted by Gasteiger charge is 2.30. The van der Waals surface area contributed by atoms with E-state index in [0.29, 0.717) is 46.4 Å². The highest BCUT2D eigenvalue weighted by atomic mass is 35.5. The number of carbonyl (C=O) groups excluding carboxylic acids is 2. The molecule has 3 aromatic rings. The molecule has 4 rings (SSSR count). The minimum absolute atomic E-state index is 0.0115. The van der Waals surface area contributed by atoms with Crippen LogP contribution in [0.5, 0.6) is 11.6 Å². The van der Waals surface area contributed by atoms with E-state index in [4.69, 9.17) is 37.4 Å². The summed E-state index contributed by atoms with van der Waals surface area (Å²) in [7, 11) is 0. The van der Waals surface area contributed by atoms with E-state index in [0.717, 1.165) is 12.3 Å². The van der Waals surface area contributed by atoms with Gasteiger partial charge in [-0.1, -0.05) is 47.5 Å². The van der Waals surface area contributed by atoms with E-state index in [1.165, 1.54) is 0 Å². The number of ether oxygens (including phenoxy) is 3. The van der Waals surface area contributed by atoms with Crippen LogP contribution in [0.2, 0.25) is 10.0 Å². The lowest BCUT2D eigenvalue weighted by atomic mass is 9.95. The summed E-state index contributed by atoms with van der Waals surface area (Å²) >= 11 is 12.9. The largest absolute Gasteiger partial charge is 0.493 e. The molecule has 0 radical (unpaired) electrons. The quantitative estimate of drug-likeness (QED) is 0.340. The van der Waals surface area contributed by atoms with E-state index in [1.54, 1.807) is 24.3 Å². The van der Waals surface area contributed by atoms with Crippen molar-refractivity contribution >= 4 is 40.6 Å². The molecule has 2 heterocycles. The van der Waals surface area contributed by atoms with Crippen molar-refractivity contribution in [2.75, 3.05) is 26.4 Å². The van der Waals surface area contributed by atoms with Crippen LogP contribution in [0, 0.1) is 5.82 Å². The van der Waals surface area contributed by atoms with Crippen molar-refractivity contribution in [1.29, 1.82) is 0 Å². The third-order valence-corrected chi connectivity index (χ3v) is 6.27. The van der Waals surface area contributed by atoms with E-state index >= 15 is 0 Å². The summed E-state index contributed by atoms with van der Waals surface area (Å²) in [6.07, 6.45) is -0.392. The summed E-state index contributed by atoms with van der Waals surface area (Å²) in [4.78, 5) is 35.2. The van der Waals surface area contributed by atoms with Crippen LogP contribution >= 0.6 is 23.2 Å². The lowest BCUT2D eigenvalue weighted by Crippen LogP contribution is -2.40. The number of nitrogens with one attached hydrogen (secondary N) is 1. The first kappa shape index (κ1) is 28.5. The van der Waals surface area contributed by atoms with Crippen molar-refractivity contribution in [3.63, 3.8) is 0 Å². The van der Waals surface area contributed by atoms with Crippen LogP contribution in [0.4, 0.5) is 4.39 Å². The van der Waals surface area contributed by atoms with Crippen LogP contribution < -0.4 is 14.8 Å². The predicted octanol–water partition coefficient (Wildman–Crippen LogP) is 5.06. The van der Waals surface area contributed by atoms with Crippen molar-refractivity contribution in [1.82, 2.24) is 10.3 Å².